The second-order valence-electron chi connectivity index (χ2n) is 6.94. The van der Waals surface area contributed by atoms with Crippen LogP contribution in [0, 0.1) is 11.6 Å². The molecule has 3 rings (SSSR count). The molecule has 2 N–H and O–H groups in total. The molecule has 0 spiro atoms. The van der Waals surface area contributed by atoms with Gasteiger partial charge < -0.3 is 20.3 Å². The molecule has 11 heteroatoms. The van der Waals surface area contributed by atoms with Crippen molar-refractivity contribution in [2.75, 3.05) is 31.6 Å². The van der Waals surface area contributed by atoms with Crippen LogP contribution >= 0.6 is 0 Å². The van der Waals surface area contributed by atoms with Gasteiger partial charge in [0.15, 0.2) is 12.6 Å². The second-order valence-corrected chi connectivity index (χ2v) is 6.94. The van der Waals surface area contributed by atoms with E-state index in [9.17, 15) is 22.0 Å². The first-order valence-electron chi connectivity index (χ1n) is 9.56. The van der Waals surface area contributed by atoms with Crippen LogP contribution in [-0.4, -0.2) is 49.9 Å². The number of guanidine groups is 1. The van der Waals surface area contributed by atoms with Crippen molar-refractivity contribution in [3.8, 4) is 5.88 Å². The number of anilines is 1. The van der Waals surface area contributed by atoms with Gasteiger partial charge >= 0.3 is 6.18 Å². The smallest absolute Gasteiger partial charge is 0.422 e. The maximum absolute atomic E-state index is 14.0. The van der Waals surface area contributed by atoms with E-state index in [1.165, 1.54) is 24.4 Å². The number of rotatable bonds is 6. The quantitative estimate of drug-likeness (QED) is 0.408. The minimum Gasteiger partial charge on any atom is -0.468 e. The number of nitrogens with zero attached hydrogens (tertiary/aromatic N) is 3. The molecule has 0 aliphatic carbocycles. The Hall–Kier alpha value is -3.11. The Kier molecular flexibility index (Phi) is 7.13. The van der Waals surface area contributed by atoms with Crippen molar-refractivity contribution in [2.45, 2.75) is 25.2 Å². The van der Waals surface area contributed by atoms with E-state index in [2.05, 4.69) is 20.6 Å². The summed E-state index contributed by atoms with van der Waals surface area (Å²) in [5.74, 6) is -0.964. The summed E-state index contributed by atoms with van der Waals surface area (Å²) < 4.78 is 70.1. The van der Waals surface area contributed by atoms with Crippen molar-refractivity contribution in [2.24, 2.45) is 4.99 Å². The first-order valence-corrected chi connectivity index (χ1v) is 9.56. The maximum Gasteiger partial charge on any atom is 0.422 e. The first-order chi connectivity index (χ1) is 14.8. The number of aliphatic imine (C=N–C) groups is 1. The van der Waals surface area contributed by atoms with Crippen LogP contribution in [0.1, 0.15) is 12.0 Å². The third-order valence-corrected chi connectivity index (χ3v) is 4.68. The fourth-order valence-corrected chi connectivity index (χ4v) is 3.28. The lowest BCUT2D eigenvalue weighted by atomic mass is 10.2. The van der Waals surface area contributed by atoms with Gasteiger partial charge in [-0.1, -0.05) is 12.1 Å². The minimum absolute atomic E-state index is 0.0587. The zero-order valence-electron chi connectivity index (χ0n) is 16.7. The largest absolute Gasteiger partial charge is 0.468 e. The molecule has 0 saturated carbocycles. The number of ether oxygens (including phenoxy) is 1. The second kappa shape index (κ2) is 9.80. The average Bonchev–Trinajstić information content (AvgIpc) is 3.17. The van der Waals surface area contributed by atoms with Crippen LogP contribution in [0.15, 0.2) is 41.5 Å². The lowest BCUT2D eigenvalue weighted by molar-refractivity contribution is -0.154. The summed E-state index contributed by atoms with van der Waals surface area (Å²) in [4.78, 5) is 9.57. The van der Waals surface area contributed by atoms with Crippen molar-refractivity contribution in [1.29, 1.82) is 0 Å². The molecule has 1 aliphatic rings. The van der Waals surface area contributed by atoms with Gasteiger partial charge in [0.25, 0.3) is 0 Å². The number of benzene rings is 1. The standard InChI is InChI=1S/C20H22F5N5O/c1-26-19(28-10-13-4-3-8-27-18(13)31-12-20(23,24)25)29-14-7-9-30(11-14)17-15(21)5-2-6-16(17)22/h2-6,8,14H,7,9-12H2,1H3,(H2,26,28,29). The maximum atomic E-state index is 14.0. The Morgan fingerprint density at radius 2 is 1.97 bits per heavy atom. The molecular weight excluding hydrogens is 421 g/mol. The van der Waals surface area contributed by atoms with Gasteiger partial charge in [-0.15, -0.1) is 0 Å². The number of hydrogen-bond acceptors (Lipinski definition) is 4. The molecular formula is C20H22F5N5O. The number of para-hydroxylation sites is 1. The summed E-state index contributed by atoms with van der Waals surface area (Å²) in [6.07, 6.45) is -2.50. The van der Waals surface area contributed by atoms with E-state index in [0.717, 1.165) is 0 Å². The zero-order valence-corrected chi connectivity index (χ0v) is 16.7. The number of pyridine rings is 1. The Labute approximate surface area is 176 Å². The number of hydrogen-bond donors (Lipinski definition) is 2. The van der Waals surface area contributed by atoms with Crippen LogP contribution in [0.3, 0.4) is 0 Å². The molecule has 1 aromatic heterocycles. The van der Waals surface area contributed by atoms with E-state index >= 15 is 0 Å². The third-order valence-electron chi connectivity index (χ3n) is 4.68. The predicted octanol–water partition coefficient (Wildman–Crippen LogP) is 3.24. The van der Waals surface area contributed by atoms with E-state index in [1.54, 1.807) is 24.1 Å². The normalized spacial score (nSPS) is 17.0. The molecule has 6 nitrogen and oxygen atoms in total. The predicted molar refractivity (Wildman–Crippen MR) is 106 cm³/mol. The SMILES string of the molecule is CN=C(NCc1cccnc1OCC(F)(F)F)NC1CCN(c2c(F)cccc2F)C1. The van der Waals surface area contributed by atoms with Crippen molar-refractivity contribution < 1.29 is 26.7 Å². The van der Waals surface area contributed by atoms with E-state index in [-0.39, 0.29) is 24.2 Å². The Morgan fingerprint density at radius 1 is 1.23 bits per heavy atom. The van der Waals surface area contributed by atoms with Gasteiger partial charge in [0, 0.05) is 44.5 Å². The molecule has 2 heterocycles. The van der Waals surface area contributed by atoms with E-state index in [4.69, 9.17) is 4.74 Å². The van der Waals surface area contributed by atoms with Gasteiger partial charge in [-0.25, -0.2) is 13.8 Å². The van der Waals surface area contributed by atoms with Gasteiger partial charge in [0.1, 0.15) is 17.3 Å². The van der Waals surface area contributed by atoms with Gasteiger partial charge in [0.2, 0.25) is 5.88 Å². The summed E-state index contributed by atoms with van der Waals surface area (Å²) in [7, 11) is 1.54. The molecule has 1 saturated heterocycles. The number of aromatic nitrogens is 1. The van der Waals surface area contributed by atoms with Gasteiger partial charge in [-0.2, -0.15) is 13.2 Å². The highest BCUT2D eigenvalue weighted by molar-refractivity contribution is 5.80. The summed E-state index contributed by atoms with van der Waals surface area (Å²) >= 11 is 0. The third kappa shape index (κ3) is 6.19. The fourth-order valence-electron chi connectivity index (χ4n) is 3.28. The molecule has 0 bridgehead atoms. The summed E-state index contributed by atoms with van der Waals surface area (Å²) in [5, 5.41) is 6.16. The van der Waals surface area contributed by atoms with Gasteiger partial charge in [-0.05, 0) is 24.6 Å². The topological polar surface area (TPSA) is 61.8 Å². The lowest BCUT2D eigenvalue weighted by Gasteiger charge is -2.21. The first kappa shape index (κ1) is 22.6. The van der Waals surface area contributed by atoms with E-state index in [0.29, 0.717) is 31.0 Å². The zero-order chi connectivity index (χ0) is 22.4. The van der Waals surface area contributed by atoms with Crippen LogP contribution in [0.25, 0.3) is 0 Å². The monoisotopic (exact) mass is 443 g/mol. The van der Waals surface area contributed by atoms with Crippen LogP contribution in [0.2, 0.25) is 0 Å². The van der Waals surface area contributed by atoms with Crippen molar-refractivity contribution in [3.05, 3.63) is 53.7 Å². The van der Waals surface area contributed by atoms with Crippen molar-refractivity contribution in [3.63, 3.8) is 0 Å². The molecule has 1 aromatic carbocycles. The molecule has 0 amide bonds. The Morgan fingerprint density at radius 3 is 2.65 bits per heavy atom. The lowest BCUT2D eigenvalue weighted by Crippen LogP contribution is -2.44. The van der Waals surface area contributed by atoms with Crippen LogP contribution in [-0.2, 0) is 6.54 Å². The van der Waals surface area contributed by atoms with Crippen LogP contribution < -0.4 is 20.3 Å². The van der Waals surface area contributed by atoms with Crippen LogP contribution in [0.5, 0.6) is 5.88 Å². The van der Waals surface area contributed by atoms with Gasteiger partial charge in [-0.3, -0.25) is 4.99 Å². The summed E-state index contributed by atoms with van der Waals surface area (Å²) in [5.41, 5.74) is 0.368. The van der Waals surface area contributed by atoms with Crippen molar-refractivity contribution in [1.82, 2.24) is 15.6 Å². The van der Waals surface area contributed by atoms with E-state index in [1.807, 2.05) is 0 Å². The molecule has 31 heavy (non-hydrogen) atoms. The average molecular weight is 443 g/mol. The molecule has 1 aliphatic heterocycles. The highest BCUT2D eigenvalue weighted by Crippen LogP contribution is 2.26. The molecule has 1 unspecified atom stereocenters. The summed E-state index contributed by atoms with van der Waals surface area (Å²) in [6.45, 7) is -0.483. The van der Waals surface area contributed by atoms with Crippen LogP contribution in [0.4, 0.5) is 27.6 Å². The summed E-state index contributed by atoms with van der Waals surface area (Å²) in [6, 6.07) is 6.80. The fraction of sp³-hybridized carbons (Fsp3) is 0.400. The number of halogens is 5. The number of nitrogens with one attached hydrogen (secondary N) is 2. The van der Waals surface area contributed by atoms with Gasteiger partial charge in [0.05, 0.1) is 0 Å². The molecule has 1 atom stereocenters. The van der Waals surface area contributed by atoms with E-state index < -0.39 is 24.4 Å². The van der Waals surface area contributed by atoms with Crippen molar-refractivity contribution >= 4 is 11.6 Å². The Balaban J connectivity index is 1.57. The highest BCUT2D eigenvalue weighted by atomic mass is 19.4. The molecule has 168 valence electrons. The molecule has 0 radical (unpaired) electrons. The number of alkyl halides is 3. The molecule has 1 fully saturated rings. The minimum atomic E-state index is -4.47. The molecule has 2 aromatic rings. The highest BCUT2D eigenvalue weighted by Gasteiger charge is 2.29. The Bertz CT molecular complexity index is 901.